The number of benzene rings is 2. The predicted molar refractivity (Wildman–Crippen MR) is 115 cm³/mol. The van der Waals surface area contributed by atoms with E-state index < -0.39 is 15.9 Å². The van der Waals surface area contributed by atoms with Crippen molar-refractivity contribution in [2.24, 2.45) is 5.92 Å². The van der Waals surface area contributed by atoms with Crippen molar-refractivity contribution in [2.45, 2.75) is 24.7 Å². The summed E-state index contributed by atoms with van der Waals surface area (Å²) in [6.45, 7) is 2.42. The maximum atomic E-state index is 13.3. The Bertz CT molecular complexity index is 1190. The SMILES string of the molecule is COc1ccc(C)cc1NC(=O)[C@@H]1CCCN(S(=O)(=O)c2cccc3nsnc23)C1. The fourth-order valence-corrected chi connectivity index (χ4v) is 5.93. The normalized spacial score (nSPS) is 17.7. The van der Waals surface area contributed by atoms with Gasteiger partial charge in [0.15, 0.2) is 0 Å². The molecule has 1 amide bonds. The fourth-order valence-electron chi connectivity index (χ4n) is 3.66. The van der Waals surface area contributed by atoms with Gasteiger partial charge in [-0.1, -0.05) is 12.1 Å². The molecule has 3 aromatic rings. The van der Waals surface area contributed by atoms with E-state index in [1.54, 1.807) is 31.4 Å². The van der Waals surface area contributed by atoms with Gasteiger partial charge >= 0.3 is 0 Å². The highest BCUT2D eigenvalue weighted by molar-refractivity contribution is 7.89. The van der Waals surface area contributed by atoms with Gasteiger partial charge in [0.1, 0.15) is 21.7 Å². The van der Waals surface area contributed by atoms with Crippen LogP contribution in [0.25, 0.3) is 11.0 Å². The van der Waals surface area contributed by atoms with E-state index in [9.17, 15) is 13.2 Å². The summed E-state index contributed by atoms with van der Waals surface area (Å²) in [5.41, 5.74) is 2.50. The summed E-state index contributed by atoms with van der Waals surface area (Å²) in [4.78, 5) is 13.1. The summed E-state index contributed by atoms with van der Waals surface area (Å²) in [7, 11) is -2.24. The minimum atomic E-state index is -3.78. The molecule has 1 atom stereocenters. The molecular formula is C20H22N4O4S2. The summed E-state index contributed by atoms with van der Waals surface area (Å²) in [6, 6.07) is 10.5. The molecule has 4 rings (SSSR count). The Hall–Kier alpha value is -2.56. The first-order valence-electron chi connectivity index (χ1n) is 9.57. The highest BCUT2D eigenvalue weighted by Gasteiger charge is 2.35. The molecule has 0 saturated carbocycles. The Morgan fingerprint density at radius 2 is 2.10 bits per heavy atom. The average molecular weight is 447 g/mol. The monoisotopic (exact) mass is 446 g/mol. The summed E-state index contributed by atoms with van der Waals surface area (Å²) in [6.07, 6.45) is 1.22. The zero-order valence-corrected chi connectivity index (χ0v) is 18.3. The molecule has 1 aliphatic rings. The molecule has 0 spiro atoms. The number of anilines is 1. The molecule has 0 radical (unpaired) electrons. The first-order chi connectivity index (χ1) is 14.4. The maximum Gasteiger partial charge on any atom is 0.245 e. The number of aryl methyl sites for hydroxylation is 1. The van der Waals surface area contributed by atoms with Gasteiger partial charge in [-0.25, -0.2) is 8.42 Å². The molecule has 1 fully saturated rings. The third kappa shape index (κ3) is 3.90. The number of hydrogen-bond donors (Lipinski definition) is 1. The highest BCUT2D eigenvalue weighted by Crippen LogP contribution is 2.30. The lowest BCUT2D eigenvalue weighted by Gasteiger charge is -2.31. The standard InChI is InChI=1S/C20H22N4O4S2/c1-13-8-9-17(28-2)16(11-13)21-20(25)14-5-4-10-24(12-14)30(26,27)18-7-3-6-15-19(18)23-29-22-15/h3,6-9,11,14H,4-5,10,12H2,1-2H3,(H,21,25)/t14-/m1/s1. The van der Waals surface area contributed by atoms with Crippen molar-refractivity contribution in [3.63, 3.8) is 0 Å². The summed E-state index contributed by atoms with van der Waals surface area (Å²) in [5, 5.41) is 2.90. The Kier molecular flexibility index (Phi) is 5.72. The van der Waals surface area contributed by atoms with Gasteiger partial charge in [0, 0.05) is 13.1 Å². The lowest BCUT2D eigenvalue weighted by molar-refractivity contribution is -0.120. The number of carbonyl (C=O) groups is 1. The molecule has 30 heavy (non-hydrogen) atoms. The van der Waals surface area contributed by atoms with E-state index >= 15 is 0 Å². The van der Waals surface area contributed by atoms with E-state index in [0.29, 0.717) is 41.9 Å². The van der Waals surface area contributed by atoms with Crippen molar-refractivity contribution >= 4 is 44.4 Å². The summed E-state index contributed by atoms with van der Waals surface area (Å²) in [5.74, 6) is -0.101. The third-order valence-corrected chi connectivity index (χ3v) is 7.67. The average Bonchev–Trinajstić information content (AvgIpc) is 3.23. The van der Waals surface area contributed by atoms with Crippen LogP contribution in [0.2, 0.25) is 0 Å². The first kappa shape index (κ1) is 20.7. The maximum absolute atomic E-state index is 13.3. The second kappa shape index (κ2) is 8.29. The molecule has 158 valence electrons. The van der Waals surface area contributed by atoms with Crippen LogP contribution in [0.1, 0.15) is 18.4 Å². The van der Waals surface area contributed by atoms with Gasteiger partial charge in [-0.15, -0.1) is 0 Å². The number of rotatable bonds is 5. The molecule has 0 aliphatic carbocycles. The number of carbonyl (C=O) groups excluding carboxylic acids is 1. The van der Waals surface area contributed by atoms with E-state index in [1.165, 1.54) is 4.31 Å². The lowest BCUT2D eigenvalue weighted by atomic mass is 9.98. The fraction of sp³-hybridized carbons (Fsp3) is 0.350. The van der Waals surface area contributed by atoms with E-state index in [-0.39, 0.29) is 17.3 Å². The zero-order valence-electron chi connectivity index (χ0n) is 16.7. The van der Waals surface area contributed by atoms with Crippen LogP contribution in [0.3, 0.4) is 0 Å². The molecule has 0 bridgehead atoms. The number of amides is 1. The van der Waals surface area contributed by atoms with Crippen molar-refractivity contribution in [1.29, 1.82) is 0 Å². The Morgan fingerprint density at radius 1 is 1.27 bits per heavy atom. The largest absolute Gasteiger partial charge is 0.495 e. The minimum absolute atomic E-state index is 0.121. The Labute approximate surface area is 179 Å². The topological polar surface area (TPSA) is 101 Å². The van der Waals surface area contributed by atoms with Crippen molar-refractivity contribution in [1.82, 2.24) is 13.1 Å². The van der Waals surface area contributed by atoms with Crippen molar-refractivity contribution in [2.75, 3.05) is 25.5 Å². The summed E-state index contributed by atoms with van der Waals surface area (Å²) < 4.78 is 41.5. The minimum Gasteiger partial charge on any atom is -0.495 e. The molecule has 0 unspecified atom stereocenters. The third-order valence-electron chi connectivity index (χ3n) is 5.23. The molecule has 1 N–H and O–H groups in total. The van der Waals surface area contributed by atoms with Gasteiger partial charge in [0.2, 0.25) is 15.9 Å². The van der Waals surface area contributed by atoms with Gasteiger partial charge in [0.25, 0.3) is 0 Å². The van der Waals surface area contributed by atoms with Crippen LogP contribution < -0.4 is 10.1 Å². The van der Waals surface area contributed by atoms with Crippen LogP contribution in [0, 0.1) is 12.8 Å². The van der Waals surface area contributed by atoms with Crippen LogP contribution in [0.5, 0.6) is 5.75 Å². The second-order valence-corrected chi connectivity index (χ2v) is 9.72. The molecule has 1 saturated heterocycles. The molecule has 8 nitrogen and oxygen atoms in total. The van der Waals surface area contributed by atoms with E-state index in [4.69, 9.17) is 4.74 Å². The lowest BCUT2D eigenvalue weighted by Crippen LogP contribution is -2.43. The number of nitrogens with zero attached hydrogens (tertiary/aromatic N) is 3. The van der Waals surface area contributed by atoms with Gasteiger partial charge in [-0.05, 0) is 49.6 Å². The molecule has 2 aromatic carbocycles. The predicted octanol–water partition coefficient (Wildman–Crippen LogP) is 3.05. The van der Waals surface area contributed by atoms with E-state index in [0.717, 1.165) is 17.3 Å². The van der Waals surface area contributed by atoms with Crippen LogP contribution >= 0.6 is 11.7 Å². The second-order valence-electron chi connectivity index (χ2n) is 7.28. The van der Waals surface area contributed by atoms with Crippen LogP contribution in [-0.2, 0) is 14.8 Å². The molecule has 1 aromatic heterocycles. The molecule has 2 heterocycles. The number of aromatic nitrogens is 2. The van der Waals surface area contributed by atoms with Crippen LogP contribution in [0.4, 0.5) is 5.69 Å². The van der Waals surface area contributed by atoms with Gasteiger partial charge in [0.05, 0.1) is 30.4 Å². The molecular weight excluding hydrogens is 424 g/mol. The van der Waals surface area contributed by atoms with Crippen molar-refractivity contribution in [3.8, 4) is 5.75 Å². The Morgan fingerprint density at radius 3 is 2.90 bits per heavy atom. The highest BCUT2D eigenvalue weighted by atomic mass is 32.2. The smallest absolute Gasteiger partial charge is 0.245 e. The molecule has 10 heteroatoms. The number of piperidine rings is 1. The van der Waals surface area contributed by atoms with Gasteiger partial charge in [-0.2, -0.15) is 13.1 Å². The number of methoxy groups -OCH3 is 1. The van der Waals surface area contributed by atoms with Crippen LogP contribution in [0.15, 0.2) is 41.3 Å². The van der Waals surface area contributed by atoms with Crippen molar-refractivity contribution in [3.05, 3.63) is 42.0 Å². The number of nitrogens with one attached hydrogen (secondary N) is 1. The number of hydrogen-bond acceptors (Lipinski definition) is 7. The number of sulfonamides is 1. The Balaban J connectivity index is 1.55. The van der Waals surface area contributed by atoms with E-state index in [2.05, 4.69) is 14.1 Å². The van der Waals surface area contributed by atoms with Crippen molar-refractivity contribution < 1.29 is 17.9 Å². The number of fused-ring (bicyclic) bond motifs is 1. The quantitative estimate of drug-likeness (QED) is 0.646. The number of ether oxygens (including phenoxy) is 1. The van der Waals surface area contributed by atoms with E-state index in [1.807, 2.05) is 19.1 Å². The first-order valence-corrected chi connectivity index (χ1v) is 11.7. The summed E-state index contributed by atoms with van der Waals surface area (Å²) >= 11 is 0.982. The van der Waals surface area contributed by atoms with Gasteiger partial charge in [-0.3, -0.25) is 4.79 Å². The van der Waals surface area contributed by atoms with Crippen LogP contribution in [-0.4, -0.2) is 47.6 Å². The zero-order chi connectivity index (χ0) is 21.3. The van der Waals surface area contributed by atoms with Gasteiger partial charge < -0.3 is 10.1 Å². The molecule has 1 aliphatic heterocycles.